The fraction of sp³-hybridized carbons (Fsp3) is 0.154. The summed E-state index contributed by atoms with van der Waals surface area (Å²) in [7, 11) is 4.04. The summed E-state index contributed by atoms with van der Waals surface area (Å²) in [6.45, 7) is 0. The molecule has 5 nitrogen and oxygen atoms in total. The van der Waals surface area contributed by atoms with Gasteiger partial charge in [-0.3, -0.25) is 4.98 Å². The van der Waals surface area contributed by atoms with Crippen molar-refractivity contribution in [2.75, 3.05) is 23.9 Å². The van der Waals surface area contributed by atoms with Crippen LogP contribution in [0.15, 0.2) is 91.3 Å². The van der Waals surface area contributed by atoms with E-state index in [9.17, 15) is 4.39 Å². The number of nitrogens with zero attached hydrogens (tertiary/aromatic N) is 4. The molecule has 1 aliphatic heterocycles. The summed E-state index contributed by atoms with van der Waals surface area (Å²) in [4.78, 5) is 8.51. The van der Waals surface area contributed by atoms with Crippen LogP contribution in [0.5, 0.6) is 0 Å². The molecule has 1 N–H and O–H groups in total. The Morgan fingerprint density at radius 1 is 0.939 bits per heavy atom. The Morgan fingerprint density at radius 3 is 2.39 bits per heavy atom. The highest BCUT2D eigenvalue weighted by Gasteiger charge is 2.42. The molecule has 1 aliphatic rings. The Labute approximate surface area is 198 Å². The smallest absolute Gasteiger partial charge is 0.174 e. The summed E-state index contributed by atoms with van der Waals surface area (Å²) in [6, 6.07) is 24.4. The number of hydrogen-bond acceptors (Lipinski definition) is 3. The highest BCUT2D eigenvalue weighted by molar-refractivity contribution is 7.80. The van der Waals surface area contributed by atoms with Crippen LogP contribution in [-0.4, -0.2) is 28.8 Å². The van der Waals surface area contributed by atoms with Crippen LogP contribution in [0.2, 0.25) is 0 Å². The van der Waals surface area contributed by atoms with Gasteiger partial charge in [0.2, 0.25) is 0 Å². The second-order valence-corrected chi connectivity index (χ2v) is 8.55. The van der Waals surface area contributed by atoms with Crippen molar-refractivity contribution >= 4 is 28.7 Å². The summed E-state index contributed by atoms with van der Waals surface area (Å²) in [5, 5.41) is 3.86. The van der Waals surface area contributed by atoms with Crippen LogP contribution < -0.4 is 15.1 Å². The van der Waals surface area contributed by atoms with Crippen molar-refractivity contribution in [3.63, 3.8) is 0 Å². The Kier molecular flexibility index (Phi) is 5.56. The lowest BCUT2D eigenvalue weighted by Gasteiger charge is -2.29. The third kappa shape index (κ3) is 3.85. The molecule has 0 radical (unpaired) electrons. The minimum absolute atomic E-state index is 0.243. The van der Waals surface area contributed by atoms with Crippen molar-refractivity contribution in [2.24, 2.45) is 0 Å². The number of halogens is 1. The number of thiocarbonyl (C=S) groups is 1. The molecule has 3 heterocycles. The molecule has 4 aromatic rings. The maximum absolute atomic E-state index is 14.9. The first-order chi connectivity index (χ1) is 16.0. The number of rotatable bonds is 5. The van der Waals surface area contributed by atoms with Crippen LogP contribution in [0.3, 0.4) is 0 Å². The van der Waals surface area contributed by atoms with Gasteiger partial charge in [-0.1, -0.05) is 18.2 Å². The third-order valence-electron chi connectivity index (χ3n) is 5.94. The molecule has 33 heavy (non-hydrogen) atoms. The number of benzene rings is 2. The van der Waals surface area contributed by atoms with Crippen molar-refractivity contribution in [3.8, 4) is 5.69 Å². The van der Waals surface area contributed by atoms with E-state index >= 15 is 0 Å². The minimum atomic E-state index is -0.318. The molecule has 7 heteroatoms. The van der Waals surface area contributed by atoms with Gasteiger partial charge in [-0.2, -0.15) is 0 Å². The van der Waals surface area contributed by atoms with E-state index in [4.69, 9.17) is 12.2 Å². The molecule has 2 aromatic carbocycles. The van der Waals surface area contributed by atoms with Crippen LogP contribution >= 0.6 is 12.2 Å². The van der Waals surface area contributed by atoms with Gasteiger partial charge in [-0.25, -0.2) is 4.39 Å². The van der Waals surface area contributed by atoms with Gasteiger partial charge in [0, 0.05) is 43.6 Å². The number of nitrogens with one attached hydrogen (secondary N) is 1. The minimum Gasteiger partial charge on any atom is -0.378 e. The maximum atomic E-state index is 14.9. The zero-order valence-corrected chi connectivity index (χ0v) is 19.2. The van der Waals surface area contributed by atoms with Crippen LogP contribution in [0, 0.1) is 5.82 Å². The lowest BCUT2D eigenvalue weighted by molar-refractivity contribution is 0.542. The predicted molar refractivity (Wildman–Crippen MR) is 134 cm³/mol. The average molecular weight is 458 g/mol. The van der Waals surface area contributed by atoms with Crippen LogP contribution in [-0.2, 0) is 0 Å². The van der Waals surface area contributed by atoms with Gasteiger partial charge in [0.15, 0.2) is 5.11 Å². The average Bonchev–Trinajstić information content (AvgIpc) is 3.44. The molecule has 0 spiro atoms. The maximum Gasteiger partial charge on any atom is 0.174 e. The van der Waals surface area contributed by atoms with Crippen LogP contribution in [0.4, 0.5) is 15.8 Å². The third-order valence-corrected chi connectivity index (χ3v) is 6.25. The molecular formula is C26H24FN5S. The molecular weight excluding hydrogens is 433 g/mol. The van der Waals surface area contributed by atoms with Crippen molar-refractivity contribution < 1.29 is 4.39 Å². The van der Waals surface area contributed by atoms with Gasteiger partial charge in [-0.15, -0.1) is 0 Å². The van der Waals surface area contributed by atoms with Gasteiger partial charge < -0.3 is 19.7 Å². The van der Waals surface area contributed by atoms with Crippen molar-refractivity contribution in [1.29, 1.82) is 0 Å². The Hall–Kier alpha value is -3.71. The number of aromatic nitrogens is 2. The van der Waals surface area contributed by atoms with E-state index in [2.05, 4.69) is 50.1 Å². The zero-order valence-electron chi connectivity index (χ0n) is 18.4. The summed E-state index contributed by atoms with van der Waals surface area (Å²) in [5.41, 5.74) is 4.41. The molecule has 0 aliphatic carbocycles. The molecule has 0 bridgehead atoms. The van der Waals surface area contributed by atoms with Gasteiger partial charge in [0.25, 0.3) is 0 Å². The lowest BCUT2D eigenvalue weighted by Crippen LogP contribution is -2.31. The molecule has 0 saturated carbocycles. The van der Waals surface area contributed by atoms with E-state index in [0.717, 1.165) is 22.8 Å². The molecule has 1 saturated heterocycles. The number of anilines is 2. The normalized spacial score (nSPS) is 17.8. The number of pyridine rings is 1. The van der Waals surface area contributed by atoms with Gasteiger partial charge in [0.1, 0.15) is 11.9 Å². The SMILES string of the molecule is CN(C)c1ccc(-n2cccc2C2C(c3ccccn3)NC(=S)N2c2ccccc2F)cc1. The fourth-order valence-corrected chi connectivity index (χ4v) is 4.68. The first-order valence-electron chi connectivity index (χ1n) is 10.7. The Bertz CT molecular complexity index is 1270. The van der Waals surface area contributed by atoms with Crippen molar-refractivity contribution in [2.45, 2.75) is 12.1 Å². The van der Waals surface area contributed by atoms with E-state index in [0.29, 0.717) is 10.8 Å². The van der Waals surface area contributed by atoms with E-state index in [1.807, 2.05) is 55.5 Å². The van der Waals surface area contributed by atoms with Crippen LogP contribution in [0.1, 0.15) is 23.5 Å². The first kappa shape index (κ1) is 21.2. The Morgan fingerprint density at radius 2 is 1.70 bits per heavy atom. The number of para-hydroxylation sites is 1. The number of hydrogen-bond donors (Lipinski definition) is 1. The fourth-order valence-electron chi connectivity index (χ4n) is 4.34. The zero-order chi connectivity index (χ0) is 22.9. The highest BCUT2D eigenvalue weighted by atomic mass is 32.1. The van der Waals surface area contributed by atoms with Gasteiger partial charge in [-0.05, 0) is 72.9 Å². The van der Waals surface area contributed by atoms with E-state index < -0.39 is 0 Å². The second kappa shape index (κ2) is 8.67. The van der Waals surface area contributed by atoms with Crippen LogP contribution in [0.25, 0.3) is 5.69 Å². The van der Waals surface area contributed by atoms with Gasteiger partial charge in [0.05, 0.1) is 17.4 Å². The summed E-state index contributed by atoms with van der Waals surface area (Å²) >= 11 is 5.72. The van der Waals surface area contributed by atoms with E-state index in [1.54, 1.807) is 18.3 Å². The standard InChI is InChI=1S/C26H24FN5S/c1-30(2)18-12-14-19(15-13-18)31-17-7-11-23(31)25-24(21-9-5-6-16-28-21)29-26(33)32(25)22-10-4-3-8-20(22)27/h3-17,24-25H,1-2H3,(H,29,33). The largest absolute Gasteiger partial charge is 0.378 e. The highest BCUT2D eigenvalue weighted by Crippen LogP contribution is 2.42. The first-order valence-corrected chi connectivity index (χ1v) is 11.2. The molecule has 2 unspecified atom stereocenters. The molecule has 5 rings (SSSR count). The van der Waals surface area contributed by atoms with Crippen molar-refractivity contribution in [1.82, 2.24) is 14.9 Å². The van der Waals surface area contributed by atoms with E-state index in [-0.39, 0.29) is 17.9 Å². The molecule has 2 atom stereocenters. The van der Waals surface area contributed by atoms with Gasteiger partial charge >= 0.3 is 0 Å². The lowest BCUT2D eigenvalue weighted by atomic mass is 10.0. The molecule has 1 fully saturated rings. The monoisotopic (exact) mass is 457 g/mol. The molecule has 0 amide bonds. The summed E-state index contributed by atoms with van der Waals surface area (Å²) < 4.78 is 17.1. The predicted octanol–water partition coefficient (Wildman–Crippen LogP) is 5.25. The topological polar surface area (TPSA) is 36.3 Å². The summed E-state index contributed by atoms with van der Waals surface area (Å²) in [6.07, 6.45) is 3.79. The molecule has 166 valence electrons. The summed E-state index contributed by atoms with van der Waals surface area (Å²) in [5.74, 6) is -0.318. The van der Waals surface area contributed by atoms with Crippen molar-refractivity contribution in [3.05, 3.63) is 108 Å². The van der Waals surface area contributed by atoms with E-state index in [1.165, 1.54) is 6.07 Å². The second-order valence-electron chi connectivity index (χ2n) is 8.16. The quantitative estimate of drug-likeness (QED) is 0.414. The Balaban J connectivity index is 1.65. The molecule has 2 aromatic heterocycles.